The van der Waals surface area contributed by atoms with E-state index in [2.05, 4.69) is 10.6 Å². The average molecular weight is 361 g/mol. The molecule has 0 atom stereocenters. The van der Waals surface area contributed by atoms with Crippen molar-refractivity contribution in [1.29, 1.82) is 0 Å². The van der Waals surface area contributed by atoms with Crippen molar-refractivity contribution in [3.05, 3.63) is 48.5 Å². The van der Waals surface area contributed by atoms with Crippen LogP contribution in [0, 0.1) is 0 Å². The molecule has 0 aliphatic heterocycles. The molecule has 2 amide bonds. The first-order valence-electron chi connectivity index (χ1n) is 7.44. The van der Waals surface area contributed by atoms with E-state index in [1.807, 2.05) is 0 Å². The molecule has 0 aliphatic carbocycles. The number of anilines is 3. The molecule has 2 rings (SSSR count). The third kappa shape index (κ3) is 4.57. The number of amides is 2. The van der Waals surface area contributed by atoms with E-state index in [1.165, 1.54) is 45.2 Å². The summed E-state index contributed by atoms with van der Waals surface area (Å²) in [6.45, 7) is 2.78. The largest absolute Gasteiger partial charge is 0.326 e. The number of hydrogen-bond acceptors (Lipinski definition) is 4. The first-order valence-corrected chi connectivity index (χ1v) is 8.88. The Labute approximate surface area is 146 Å². The van der Waals surface area contributed by atoms with Gasteiger partial charge in [0, 0.05) is 32.3 Å². The minimum absolute atomic E-state index is 0.107. The molecule has 2 N–H and O–H groups in total. The fourth-order valence-electron chi connectivity index (χ4n) is 2.17. The first kappa shape index (κ1) is 18.5. The number of hydrogen-bond donors (Lipinski definition) is 2. The van der Waals surface area contributed by atoms with Crippen LogP contribution < -0.4 is 14.9 Å². The maximum absolute atomic E-state index is 12.7. The van der Waals surface area contributed by atoms with E-state index in [1.54, 1.807) is 24.3 Å². The van der Waals surface area contributed by atoms with Crippen molar-refractivity contribution >= 4 is 38.9 Å². The molecule has 2 aromatic rings. The third-order valence-electron chi connectivity index (χ3n) is 3.38. The number of sulfonamides is 1. The molecule has 132 valence electrons. The molecule has 0 saturated carbocycles. The van der Waals surface area contributed by atoms with E-state index in [0.29, 0.717) is 17.1 Å². The summed E-state index contributed by atoms with van der Waals surface area (Å²) >= 11 is 0. The molecule has 8 heteroatoms. The summed E-state index contributed by atoms with van der Waals surface area (Å²) in [6.07, 6.45) is 0. The fourth-order valence-corrected chi connectivity index (χ4v) is 3.36. The summed E-state index contributed by atoms with van der Waals surface area (Å²) in [5, 5.41) is 5.21. The molecule has 0 unspecified atom stereocenters. The Morgan fingerprint density at radius 2 is 1.20 bits per heavy atom. The molecule has 0 aromatic heterocycles. The van der Waals surface area contributed by atoms with E-state index in [0.717, 1.165) is 4.31 Å². The molecule has 2 aromatic carbocycles. The molecular formula is C17H19N3O4S. The van der Waals surface area contributed by atoms with Crippen LogP contribution in [0.1, 0.15) is 13.8 Å². The van der Waals surface area contributed by atoms with Crippen LogP contribution in [0.2, 0.25) is 0 Å². The molecule has 0 radical (unpaired) electrons. The van der Waals surface area contributed by atoms with Gasteiger partial charge in [0.2, 0.25) is 11.8 Å². The van der Waals surface area contributed by atoms with Crippen LogP contribution in [0.3, 0.4) is 0 Å². The lowest BCUT2D eigenvalue weighted by molar-refractivity contribution is -0.115. The van der Waals surface area contributed by atoms with Crippen molar-refractivity contribution in [2.45, 2.75) is 18.7 Å². The van der Waals surface area contributed by atoms with Crippen molar-refractivity contribution in [2.24, 2.45) is 0 Å². The van der Waals surface area contributed by atoms with Gasteiger partial charge in [-0.1, -0.05) is 0 Å². The van der Waals surface area contributed by atoms with Gasteiger partial charge in [-0.2, -0.15) is 0 Å². The fraction of sp³-hybridized carbons (Fsp3) is 0.176. The lowest BCUT2D eigenvalue weighted by Crippen LogP contribution is -2.26. The number of nitrogens with zero attached hydrogens (tertiary/aromatic N) is 1. The Kier molecular flexibility index (Phi) is 5.43. The van der Waals surface area contributed by atoms with Crippen molar-refractivity contribution in [2.75, 3.05) is 22.0 Å². The second kappa shape index (κ2) is 7.35. The van der Waals surface area contributed by atoms with E-state index < -0.39 is 10.0 Å². The number of rotatable bonds is 5. The molecule has 0 bridgehead atoms. The molecule has 0 aliphatic rings. The van der Waals surface area contributed by atoms with Gasteiger partial charge in [-0.25, -0.2) is 8.42 Å². The van der Waals surface area contributed by atoms with Crippen LogP contribution in [-0.4, -0.2) is 27.3 Å². The third-order valence-corrected chi connectivity index (χ3v) is 5.18. The Balaban J connectivity index is 2.23. The molecule has 0 heterocycles. The molecule has 0 spiro atoms. The van der Waals surface area contributed by atoms with Crippen LogP contribution in [0.5, 0.6) is 0 Å². The predicted octanol–water partition coefficient (Wildman–Crippen LogP) is 2.43. The normalized spacial score (nSPS) is 10.8. The monoisotopic (exact) mass is 361 g/mol. The lowest BCUT2D eigenvalue weighted by Gasteiger charge is -2.20. The number of carbonyl (C=O) groups is 2. The summed E-state index contributed by atoms with van der Waals surface area (Å²) in [6, 6.07) is 12.4. The smallest absolute Gasteiger partial charge is 0.264 e. The van der Waals surface area contributed by atoms with Crippen LogP contribution >= 0.6 is 0 Å². The summed E-state index contributed by atoms with van der Waals surface area (Å²) < 4.78 is 26.5. The Morgan fingerprint density at radius 3 is 1.60 bits per heavy atom. The van der Waals surface area contributed by atoms with Crippen molar-refractivity contribution in [3.8, 4) is 0 Å². The summed E-state index contributed by atoms with van der Waals surface area (Å²) in [4.78, 5) is 22.2. The second-order valence-corrected chi connectivity index (χ2v) is 7.38. The Bertz CT molecular complexity index is 875. The SMILES string of the molecule is CC(=O)Nc1ccc(N(C)S(=O)(=O)c2ccc(NC(C)=O)cc2)cc1. The van der Waals surface area contributed by atoms with E-state index in [9.17, 15) is 18.0 Å². The van der Waals surface area contributed by atoms with Gasteiger partial charge in [-0.15, -0.1) is 0 Å². The lowest BCUT2D eigenvalue weighted by atomic mass is 10.3. The molecular weight excluding hydrogens is 342 g/mol. The number of carbonyl (C=O) groups excluding carboxylic acids is 2. The number of nitrogens with one attached hydrogen (secondary N) is 2. The summed E-state index contributed by atoms with van der Waals surface area (Å²) in [5.74, 6) is -0.431. The van der Waals surface area contributed by atoms with Crippen LogP contribution in [0.4, 0.5) is 17.1 Å². The van der Waals surface area contributed by atoms with Crippen molar-refractivity contribution in [3.63, 3.8) is 0 Å². The van der Waals surface area contributed by atoms with E-state index in [4.69, 9.17) is 0 Å². The Morgan fingerprint density at radius 1 is 0.800 bits per heavy atom. The predicted molar refractivity (Wildman–Crippen MR) is 97.1 cm³/mol. The highest BCUT2D eigenvalue weighted by Gasteiger charge is 2.21. The summed E-state index contributed by atoms with van der Waals surface area (Å²) in [5.41, 5.74) is 1.57. The molecule has 7 nitrogen and oxygen atoms in total. The van der Waals surface area contributed by atoms with Gasteiger partial charge in [-0.3, -0.25) is 13.9 Å². The van der Waals surface area contributed by atoms with Gasteiger partial charge >= 0.3 is 0 Å². The zero-order chi connectivity index (χ0) is 18.6. The van der Waals surface area contributed by atoms with Gasteiger partial charge < -0.3 is 10.6 Å². The minimum Gasteiger partial charge on any atom is -0.326 e. The zero-order valence-corrected chi connectivity index (χ0v) is 14.9. The van der Waals surface area contributed by atoms with Crippen molar-refractivity contribution in [1.82, 2.24) is 0 Å². The topological polar surface area (TPSA) is 95.6 Å². The maximum atomic E-state index is 12.7. The zero-order valence-electron chi connectivity index (χ0n) is 14.1. The summed E-state index contributed by atoms with van der Waals surface area (Å²) in [7, 11) is -2.29. The standard InChI is InChI=1S/C17H19N3O4S/c1-12(21)18-14-4-8-16(9-5-14)20(3)25(23,24)17-10-6-15(7-11-17)19-13(2)22/h4-11H,1-3H3,(H,18,21)(H,19,22). The first-order chi connectivity index (χ1) is 11.7. The quantitative estimate of drug-likeness (QED) is 0.855. The highest BCUT2D eigenvalue weighted by atomic mass is 32.2. The molecule has 0 fully saturated rings. The van der Waals surface area contributed by atoms with Gasteiger partial charge in [-0.05, 0) is 48.5 Å². The second-order valence-electron chi connectivity index (χ2n) is 5.41. The van der Waals surface area contributed by atoms with Crippen molar-refractivity contribution < 1.29 is 18.0 Å². The van der Waals surface area contributed by atoms with Gasteiger partial charge in [0.1, 0.15) is 0 Å². The average Bonchev–Trinajstić information content (AvgIpc) is 2.54. The van der Waals surface area contributed by atoms with Gasteiger partial charge in [0.05, 0.1) is 10.6 Å². The molecule has 25 heavy (non-hydrogen) atoms. The van der Waals surface area contributed by atoms with Crippen LogP contribution in [0.15, 0.2) is 53.4 Å². The van der Waals surface area contributed by atoms with Gasteiger partial charge in [0.15, 0.2) is 0 Å². The Hall–Kier alpha value is -2.87. The maximum Gasteiger partial charge on any atom is 0.264 e. The van der Waals surface area contributed by atoms with E-state index in [-0.39, 0.29) is 16.7 Å². The van der Waals surface area contributed by atoms with Gasteiger partial charge in [0.25, 0.3) is 10.0 Å². The highest BCUT2D eigenvalue weighted by molar-refractivity contribution is 7.92. The minimum atomic E-state index is -3.74. The highest BCUT2D eigenvalue weighted by Crippen LogP contribution is 2.24. The number of benzene rings is 2. The molecule has 0 saturated heterocycles. The van der Waals surface area contributed by atoms with E-state index >= 15 is 0 Å². The van der Waals surface area contributed by atoms with Crippen LogP contribution in [0.25, 0.3) is 0 Å². The van der Waals surface area contributed by atoms with Crippen LogP contribution in [-0.2, 0) is 19.6 Å².